The number of halogens is 1. The molecule has 0 spiro atoms. The SMILES string of the molecule is Cc1ccc(S(=O)(=O)NCc2cccc3ccccc23)cc1Cl. The molecule has 118 valence electrons. The first kappa shape index (κ1) is 16.0. The number of fused-ring (bicyclic) bond motifs is 1. The van der Waals surface area contributed by atoms with E-state index < -0.39 is 10.0 Å². The van der Waals surface area contributed by atoms with E-state index in [0.29, 0.717) is 5.02 Å². The molecule has 1 N–H and O–H groups in total. The summed E-state index contributed by atoms with van der Waals surface area (Å²) in [5, 5.41) is 2.57. The molecule has 0 saturated carbocycles. The van der Waals surface area contributed by atoms with Crippen LogP contribution in [0.1, 0.15) is 11.1 Å². The minimum absolute atomic E-state index is 0.174. The van der Waals surface area contributed by atoms with Crippen LogP contribution in [0.25, 0.3) is 10.8 Å². The molecule has 0 bridgehead atoms. The maximum absolute atomic E-state index is 12.4. The van der Waals surface area contributed by atoms with Gasteiger partial charge in [-0.25, -0.2) is 13.1 Å². The second-order valence-corrected chi connectivity index (χ2v) is 7.55. The van der Waals surface area contributed by atoms with Crippen LogP contribution in [-0.4, -0.2) is 8.42 Å². The Morgan fingerprint density at radius 3 is 2.52 bits per heavy atom. The molecule has 3 aromatic carbocycles. The van der Waals surface area contributed by atoms with Gasteiger partial charge < -0.3 is 0 Å². The van der Waals surface area contributed by atoms with Crippen LogP contribution in [0.5, 0.6) is 0 Å². The molecule has 0 heterocycles. The van der Waals surface area contributed by atoms with Gasteiger partial charge in [0, 0.05) is 11.6 Å². The monoisotopic (exact) mass is 345 g/mol. The Kier molecular flexibility index (Phi) is 4.39. The standard InChI is InChI=1S/C18H16ClNO2S/c1-13-9-10-16(11-18(13)19)23(21,22)20-12-15-7-4-6-14-5-2-3-8-17(14)15/h2-11,20H,12H2,1H3. The zero-order valence-electron chi connectivity index (χ0n) is 12.6. The van der Waals surface area contributed by atoms with Crippen molar-refractivity contribution in [3.05, 3.63) is 76.8 Å². The molecule has 0 aliphatic carbocycles. The molecule has 3 rings (SSSR count). The number of sulfonamides is 1. The minimum Gasteiger partial charge on any atom is -0.207 e. The zero-order valence-corrected chi connectivity index (χ0v) is 14.2. The van der Waals surface area contributed by atoms with Crippen LogP contribution < -0.4 is 4.72 Å². The molecule has 0 fully saturated rings. The van der Waals surface area contributed by atoms with E-state index in [-0.39, 0.29) is 11.4 Å². The summed E-state index contributed by atoms with van der Waals surface area (Å²) in [6.07, 6.45) is 0. The molecule has 3 aromatic rings. The lowest BCUT2D eigenvalue weighted by Gasteiger charge is -2.10. The van der Waals surface area contributed by atoms with Crippen LogP contribution in [0.15, 0.2) is 65.6 Å². The van der Waals surface area contributed by atoms with Crippen molar-refractivity contribution < 1.29 is 8.42 Å². The van der Waals surface area contributed by atoms with Gasteiger partial charge in [0.2, 0.25) is 10.0 Å². The van der Waals surface area contributed by atoms with E-state index in [4.69, 9.17) is 11.6 Å². The van der Waals surface area contributed by atoms with E-state index in [1.54, 1.807) is 12.1 Å². The Balaban J connectivity index is 1.87. The van der Waals surface area contributed by atoms with Crippen LogP contribution in [-0.2, 0) is 16.6 Å². The van der Waals surface area contributed by atoms with Crippen LogP contribution in [0.3, 0.4) is 0 Å². The second-order valence-electron chi connectivity index (χ2n) is 5.37. The number of aryl methyl sites for hydroxylation is 1. The van der Waals surface area contributed by atoms with Gasteiger partial charge in [-0.05, 0) is 41.0 Å². The van der Waals surface area contributed by atoms with E-state index in [1.807, 2.05) is 49.4 Å². The molecule has 0 amide bonds. The van der Waals surface area contributed by atoms with E-state index in [9.17, 15) is 8.42 Å². The van der Waals surface area contributed by atoms with Crippen LogP contribution in [0.4, 0.5) is 0 Å². The van der Waals surface area contributed by atoms with Gasteiger partial charge >= 0.3 is 0 Å². The summed E-state index contributed by atoms with van der Waals surface area (Å²) < 4.78 is 27.5. The highest BCUT2D eigenvalue weighted by Crippen LogP contribution is 2.21. The molecule has 0 aliphatic heterocycles. The third kappa shape index (κ3) is 3.39. The molecule has 23 heavy (non-hydrogen) atoms. The van der Waals surface area contributed by atoms with E-state index in [2.05, 4.69) is 4.72 Å². The fourth-order valence-electron chi connectivity index (χ4n) is 2.44. The van der Waals surface area contributed by atoms with Crippen molar-refractivity contribution in [3.8, 4) is 0 Å². The summed E-state index contributed by atoms with van der Waals surface area (Å²) >= 11 is 6.02. The Morgan fingerprint density at radius 2 is 1.74 bits per heavy atom. The van der Waals surface area contributed by atoms with Gasteiger partial charge in [-0.3, -0.25) is 0 Å². The van der Waals surface area contributed by atoms with Crippen molar-refractivity contribution in [2.45, 2.75) is 18.4 Å². The van der Waals surface area contributed by atoms with Gasteiger partial charge in [0.1, 0.15) is 0 Å². The normalized spacial score (nSPS) is 11.7. The Labute approximate surface area is 141 Å². The van der Waals surface area contributed by atoms with E-state index in [0.717, 1.165) is 21.9 Å². The van der Waals surface area contributed by atoms with Crippen molar-refractivity contribution in [3.63, 3.8) is 0 Å². The van der Waals surface area contributed by atoms with Crippen molar-refractivity contribution in [1.82, 2.24) is 4.72 Å². The van der Waals surface area contributed by atoms with Crippen molar-refractivity contribution in [1.29, 1.82) is 0 Å². The smallest absolute Gasteiger partial charge is 0.207 e. The highest BCUT2D eigenvalue weighted by atomic mass is 35.5. The molecule has 0 saturated heterocycles. The molecule has 5 heteroatoms. The lowest BCUT2D eigenvalue weighted by molar-refractivity contribution is 0.581. The maximum Gasteiger partial charge on any atom is 0.240 e. The van der Waals surface area contributed by atoms with Gasteiger partial charge in [-0.15, -0.1) is 0 Å². The largest absolute Gasteiger partial charge is 0.240 e. The zero-order chi connectivity index (χ0) is 16.4. The Hall–Kier alpha value is -1.88. The number of hydrogen-bond donors (Lipinski definition) is 1. The second kappa shape index (κ2) is 6.32. The molecular weight excluding hydrogens is 330 g/mol. The lowest BCUT2D eigenvalue weighted by Crippen LogP contribution is -2.23. The third-order valence-corrected chi connectivity index (χ3v) is 5.59. The topological polar surface area (TPSA) is 46.2 Å². The van der Waals surface area contributed by atoms with Gasteiger partial charge in [0.15, 0.2) is 0 Å². The Morgan fingerprint density at radius 1 is 1.00 bits per heavy atom. The number of hydrogen-bond acceptors (Lipinski definition) is 2. The highest BCUT2D eigenvalue weighted by molar-refractivity contribution is 7.89. The average molecular weight is 346 g/mol. The summed E-state index contributed by atoms with van der Waals surface area (Å²) in [6.45, 7) is 2.07. The van der Waals surface area contributed by atoms with Gasteiger partial charge in [0.05, 0.1) is 4.90 Å². The Bertz CT molecular complexity index is 962. The van der Waals surface area contributed by atoms with Gasteiger partial charge in [-0.2, -0.15) is 0 Å². The van der Waals surface area contributed by atoms with Crippen molar-refractivity contribution >= 4 is 32.4 Å². The summed E-state index contributed by atoms with van der Waals surface area (Å²) in [5.41, 5.74) is 1.78. The fraction of sp³-hybridized carbons (Fsp3) is 0.111. The number of nitrogens with one attached hydrogen (secondary N) is 1. The van der Waals surface area contributed by atoms with E-state index >= 15 is 0 Å². The van der Waals surface area contributed by atoms with Gasteiger partial charge in [0.25, 0.3) is 0 Å². The van der Waals surface area contributed by atoms with Crippen LogP contribution in [0, 0.1) is 6.92 Å². The van der Waals surface area contributed by atoms with Gasteiger partial charge in [-0.1, -0.05) is 60.1 Å². The summed E-state index contributed by atoms with van der Waals surface area (Å²) in [6, 6.07) is 18.5. The summed E-state index contributed by atoms with van der Waals surface area (Å²) in [4.78, 5) is 0.174. The first-order valence-electron chi connectivity index (χ1n) is 7.20. The van der Waals surface area contributed by atoms with Crippen LogP contribution >= 0.6 is 11.6 Å². The predicted molar refractivity (Wildman–Crippen MR) is 94.2 cm³/mol. The maximum atomic E-state index is 12.4. The molecule has 0 unspecified atom stereocenters. The third-order valence-electron chi connectivity index (χ3n) is 3.79. The molecule has 0 aromatic heterocycles. The molecule has 0 atom stereocenters. The number of benzene rings is 3. The minimum atomic E-state index is -3.60. The van der Waals surface area contributed by atoms with Crippen molar-refractivity contribution in [2.24, 2.45) is 0 Å². The molecule has 3 nitrogen and oxygen atoms in total. The fourth-order valence-corrected chi connectivity index (χ4v) is 3.72. The first-order valence-corrected chi connectivity index (χ1v) is 9.06. The molecular formula is C18H16ClNO2S. The van der Waals surface area contributed by atoms with E-state index in [1.165, 1.54) is 6.07 Å². The molecule has 0 aliphatic rings. The summed E-state index contributed by atoms with van der Waals surface area (Å²) in [5.74, 6) is 0. The highest BCUT2D eigenvalue weighted by Gasteiger charge is 2.15. The predicted octanol–water partition coefficient (Wildman–Crippen LogP) is 4.28. The average Bonchev–Trinajstić information content (AvgIpc) is 2.55. The lowest BCUT2D eigenvalue weighted by atomic mass is 10.1. The molecule has 0 radical (unpaired) electrons. The van der Waals surface area contributed by atoms with Crippen LogP contribution in [0.2, 0.25) is 5.02 Å². The number of rotatable bonds is 4. The first-order chi connectivity index (χ1) is 11.0. The quantitative estimate of drug-likeness (QED) is 0.767. The summed E-state index contributed by atoms with van der Waals surface area (Å²) in [7, 11) is -3.60. The van der Waals surface area contributed by atoms with Crippen molar-refractivity contribution in [2.75, 3.05) is 0 Å².